The van der Waals surface area contributed by atoms with Crippen LogP contribution in [0, 0.1) is 12.8 Å². The molecule has 5 nitrogen and oxygen atoms in total. The molecule has 1 atom stereocenters. The van der Waals surface area contributed by atoms with Crippen LogP contribution < -0.4 is 0 Å². The van der Waals surface area contributed by atoms with Gasteiger partial charge in [-0.05, 0) is 44.2 Å². The molecule has 2 aliphatic heterocycles. The molecule has 0 radical (unpaired) electrons. The molecule has 0 spiro atoms. The largest absolute Gasteiger partial charge is 0.381 e. The molecule has 118 valence electrons. The second kappa shape index (κ2) is 5.97. The van der Waals surface area contributed by atoms with Gasteiger partial charge in [-0.3, -0.25) is 0 Å². The number of hydrogen-bond acceptors (Lipinski definition) is 4. The summed E-state index contributed by atoms with van der Waals surface area (Å²) in [6, 6.07) is 4.56. The number of pyridine rings is 1. The van der Waals surface area contributed by atoms with Crippen molar-refractivity contribution >= 4 is 11.2 Å². The Hall–Kier alpha value is -1.46. The zero-order valence-electron chi connectivity index (χ0n) is 13.2. The van der Waals surface area contributed by atoms with Crippen molar-refractivity contribution in [1.82, 2.24) is 19.4 Å². The van der Waals surface area contributed by atoms with Crippen molar-refractivity contribution in [2.75, 3.05) is 32.8 Å². The molecule has 0 amide bonds. The van der Waals surface area contributed by atoms with Crippen LogP contribution in [-0.4, -0.2) is 52.3 Å². The van der Waals surface area contributed by atoms with E-state index in [0.29, 0.717) is 6.04 Å². The molecule has 0 saturated carbocycles. The first-order valence-corrected chi connectivity index (χ1v) is 8.41. The van der Waals surface area contributed by atoms with E-state index in [4.69, 9.17) is 4.74 Å². The number of piperidine rings is 1. The van der Waals surface area contributed by atoms with Gasteiger partial charge in [0.25, 0.3) is 0 Å². The number of ether oxygens (including phenoxy) is 1. The standard InChI is InChI=1S/C17H24N4O/c1-13-19-16-3-2-7-18-17(16)21(13)15-4-8-20(9-5-15)11-14-6-10-22-12-14/h2-3,7,14-15H,4-6,8-12H2,1H3. The van der Waals surface area contributed by atoms with Crippen LogP contribution in [-0.2, 0) is 4.74 Å². The summed E-state index contributed by atoms with van der Waals surface area (Å²) in [5, 5.41) is 0. The Morgan fingerprint density at radius 2 is 2.14 bits per heavy atom. The monoisotopic (exact) mass is 300 g/mol. The Kier molecular flexibility index (Phi) is 3.84. The highest BCUT2D eigenvalue weighted by atomic mass is 16.5. The van der Waals surface area contributed by atoms with E-state index in [1.165, 1.54) is 38.9 Å². The third-order valence-corrected chi connectivity index (χ3v) is 5.09. The highest BCUT2D eigenvalue weighted by Gasteiger charge is 2.26. The van der Waals surface area contributed by atoms with Crippen molar-refractivity contribution in [2.24, 2.45) is 5.92 Å². The summed E-state index contributed by atoms with van der Waals surface area (Å²) in [5.41, 5.74) is 2.06. The van der Waals surface area contributed by atoms with Crippen molar-refractivity contribution < 1.29 is 4.74 Å². The first kappa shape index (κ1) is 14.2. The quantitative estimate of drug-likeness (QED) is 0.873. The third kappa shape index (κ3) is 2.63. The summed E-state index contributed by atoms with van der Waals surface area (Å²) in [7, 11) is 0. The fourth-order valence-electron chi connectivity index (χ4n) is 3.93. The summed E-state index contributed by atoms with van der Waals surface area (Å²) in [5.74, 6) is 1.84. The van der Waals surface area contributed by atoms with Gasteiger partial charge in [0.1, 0.15) is 11.3 Å². The van der Waals surface area contributed by atoms with E-state index in [1.807, 2.05) is 12.3 Å². The van der Waals surface area contributed by atoms with Crippen molar-refractivity contribution in [3.8, 4) is 0 Å². The molecule has 2 fully saturated rings. The minimum absolute atomic E-state index is 0.538. The lowest BCUT2D eigenvalue weighted by Crippen LogP contribution is -2.38. The minimum atomic E-state index is 0.538. The van der Waals surface area contributed by atoms with Gasteiger partial charge < -0.3 is 14.2 Å². The van der Waals surface area contributed by atoms with E-state index in [0.717, 1.165) is 36.1 Å². The van der Waals surface area contributed by atoms with Gasteiger partial charge in [-0.25, -0.2) is 9.97 Å². The second-order valence-corrected chi connectivity index (χ2v) is 6.64. The average molecular weight is 300 g/mol. The van der Waals surface area contributed by atoms with E-state index in [2.05, 4.69) is 32.4 Å². The second-order valence-electron chi connectivity index (χ2n) is 6.64. The first-order valence-electron chi connectivity index (χ1n) is 8.41. The van der Waals surface area contributed by atoms with E-state index < -0.39 is 0 Å². The number of aromatic nitrogens is 3. The molecule has 0 aromatic carbocycles. The molecule has 5 heteroatoms. The lowest BCUT2D eigenvalue weighted by molar-refractivity contribution is 0.142. The van der Waals surface area contributed by atoms with Crippen LogP contribution >= 0.6 is 0 Å². The Morgan fingerprint density at radius 1 is 1.27 bits per heavy atom. The Bertz CT molecular complexity index is 639. The maximum atomic E-state index is 5.50. The Morgan fingerprint density at radius 3 is 2.91 bits per heavy atom. The average Bonchev–Trinajstić information content (AvgIpc) is 3.15. The highest BCUT2D eigenvalue weighted by Crippen LogP contribution is 2.28. The summed E-state index contributed by atoms with van der Waals surface area (Å²) in [6.07, 6.45) is 5.48. The molecule has 4 heterocycles. The van der Waals surface area contributed by atoms with Gasteiger partial charge in [0.2, 0.25) is 0 Å². The SMILES string of the molecule is Cc1nc2cccnc2n1C1CCN(CC2CCOC2)CC1. The molecule has 0 bridgehead atoms. The van der Waals surface area contributed by atoms with Crippen LogP contribution in [0.4, 0.5) is 0 Å². The number of fused-ring (bicyclic) bond motifs is 1. The molecule has 0 aliphatic carbocycles. The van der Waals surface area contributed by atoms with Crippen LogP contribution in [0.3, 0.4) is 0 Å². The molecule has 1 unspecified atom stereocenters. The molecule has 0 N–H and O–H groups in total. The van der Waals surface area contributed by atoms with Crippen LogP contribution in [0.1, 0.15) is 31.1 Å². The molecule has 4 rings (SSSR count). The van der Waals surface area contributed by atoms with Gasteiger partial charge in [0.15, 0.2) is 5.65 Å². The van der Waals surface area contributed by atoms with Crippen molar-refractivity contribution in [1.29, 1.82) is 0 Å². The van der Waals surface area contributed by atoms with E-state index in [9.17, 15) is 0 Å². The van der Waals surface area contributed by atoms with Gasteiger partial charge in [0.05, 0.1) is 6.61 Å². The zero-order chi connectivity index (χ0) is 14.9. The molecule has 2 aromatic rings. The van der Waals surface area contributed by atoms with E-state index >= 15 is 0 Å². The van der Waals surface area contributed by atoms with Crippen LogP contribution in [0.15, 0.2) is 18.3 Å². The van der Waals surface area contributed by atoms with E-state index in [1.54, 1.807) is 0 Å². The van der Waals surface area contributed by atoms with Crippen LogP contribution in [0.2, 0.25) is 0 Å². The third-order valence-electron chi connectivity index (χ3n) is 5.09. The molecular formula is C17H24N4O. The molecular weight excluding hydrogens is 276 g/mol. The van der Waals surface area contributed by atoms with Gasteiger partial charge in [0, 0.05) is 38.5 Å². The van der Waals surface area contributed by atoms with Gasteiger partial charge in [-0.1, -0.05) is 0 Å². The predicted octanol–water partition coefficient (Wildman–Crippen LogP) is 2.41. The number of imidazole rings is 1. The number of rotatable bonds is 3. The fourth-order valence-corrected chi connectivity index (χ4v) is 3.93. The predicted molar refractivity (Wildman–Crippen MR) is 85.9 cm³/mol. The van der Waals surface area contributed by atoms with Crippen molar-refractivity contribution in [2.45, 2.75) is 32.2 Å². The Balaban J connectivity index is 1.45. The highest BCUT2D eigenvalue weighted by molar-refractivity contribution is 5.71. The zero-order valence-corrected chi connectivity index (χ0v) is 13.2. The van der Waals surface area contributed by atoms with E-state index in [-0.39, 0.29) is 0 Å². The summed E-state index contributed by atoms with van der Waals surface area (Å²) < 4.78 is 7.85. The normalized spacial score (nSPS) is 24.3. The minimum Gasteiger partial charge on any atom is -0.381 e. The molecule has 2 saturated heterocycles. The summed E-state index contributed by atoms with van der Waals surface area (Å²) in [6.45, 7) is 7.56. The maximum Gasteiger partial charge on any atom is 0.160 e. The Labute approximate surface area is 131 Å². The summed E-state index contributed by atoms with van der Waals surface area (Å²) in [4.78, 5) is 11.8. The number of hydrogen-bond donors (Lipinski definition) is 0. The van der Waals surface area contributed by atoms with Gasteiger partial charge in [-0.2, -0.15) is 0 Å². The topological polar surface area (TPSA) is 43.2 Å². The summed E-state index contributed by atoms with van der Waals surface area (Å²) >= 11 is 0. The van der Waals surface area contributed by atoms with Crippen molar-refractivity contribution in [3.63, 3.8) is 0 Å². The fraction of sp³-hybridized carbons (Fsp3) is 0.647. The van der Waals surface area contributed by atoms with Crippen LogP contribution in [0.5, 0.6) is 0 Å². The lowest BCUT2D eigenvalue weighted by Gasteiger charge is -2.34. The molecule has 2 aliphatic rings. The smallest absolute Gasteiger partial charge is 0.160 e. The van der Waals surface area contributed by atoms with Gasteiger partial charge >= 0.3 is 0 Å². The maximum absolute atomic E-state index is 5.50. The number of aryl methyl sites for hydroxylation is 1. The van der Waals surface area contributed by atoms with Gasteiger partial charge in [-0.15, -0.1) is 0 Å². The lowest BCUT2D eigenvalue weighted by atomic mass is 10.0. The first-order chi connectivity index (χ1) is 10.8. The molecule has 22 heavy (non-hydrogen) atoms. The molecule has 2 aromatic heterocycles. The van der Waals surface area contributed by atoms with Crippen LogP contribution in [0.25, 0.3) is 11.2 Å². The number of likely N-dealkylation sites (tertiary alicyclic amines) is 1. The number of nitrogens with zero attached hydrogens (tertiary/aromatic N) is 4. The van der Waals surface area contributed by atoms with Crippen molar-refractivity contribution in [3.05, 3.63) is 24.2 Å².